The number of hydrogen-bond acceptors (Lipinski definition) is 4. The van der Waals surface area contributed by atoms with Crippen molar-refractivity contribution in [2.24, 2.45) is 0 Å². The van der Waals surface area contributed by atoms with Crippen LogP contribution in [0.1, 0.15) is 12.8 Å². The van der Waals surface area contributed by atoms with Crippen LogP contribution in [0, 0.1) is 0 Å². The van der Waals surface area contributed by atoms with E-state index in [9.17, 15) is 16.8 Å². The van der Waals surface area contributed by atoms with Crippen LogP contribution in [0.4, 0.5) is 0 Å². The zero-order valence-electron chi connectivity index (χ0n) is 11.3. The molecule has 1 fully saturated rings. The molecule has 0 saturated carbocycles. The quantitative estimate of drug-likeness (QED) is 0.829. The van der Waals surface area contributed by atoms with Crippen molar-refractivity contribution in [3.63, 3.8) is 0 Å². The summed E-state index contributed by atoms with van der Waals surface area (Å²) in [5.41, 5.74) is 0. The van der Waals surface area contributed by atoms with Gasteiger partial charge in [0.05, 0.1) is 10.6 Å². The number of halogens is 1. The number of benzene rings is 1. The van der Waals surface area contributed by atoms with E-state index < -0.39 is 20.0 Å². The minimum absolute atomic E-state index is 0.0606. The van der Waals surface area contributed by atoms with E-state index in [1.54, 1.807) is 0 Å². The molecule has 0 spiro atoms. The molecule has 1 aromatic rings. The molecule has 118 valence electrons. The van der Waals surface area contributed by atoms with Crippen LogP contribution < -0.4 is 4.72 Å². The minimum Gasteiger partial charge on any atom is -0.212 e. The van der Waals surface area contributed by atoms with Gasteiger partial charge in [0.1, 0.15) is 0 Å². The van der Waals surface area contributed by atoms with Gasteiger partial charge in [-0.15, -0.1) is 0 Å². The number of nitrogens with one attached hydrogen (secondary N) is 1. The van der Waals surface area contributed by atoms with E-state index in [2.05, 4.69) is 4.72 Å². The molecule has 0 amide bonds. The fourth-order valence-corrected chi connectivity index (χ4v) is 4.82. The molecular weight excluding hydrogens is 336 g/mol. The number of hydrogen-bond donors (Lipinski definition) is 1. The molecule has 0 unspecified atom stereocenters. The molecule has 0 aromatic heterocycles. The van der Waals surface area contributed by atoms with E-state index >= 15 is 0 Å². The largest absolute Gasteiger partial charge is 0.240 e. The van der Waals surface area contributed by atoms with Gasteiger partial charge in [-0.2, -0.15) is 0 Å². The first-order chi connectivity index (χ1) is 9.81. The summed E-state index contributed by atoms with van der Waals surface area (Å²) in [4.78, 5) is 0.0606. The van der Waals surface area contributed by atoms with Gasteiger partial charge in [-0.1, -0.05) is 11.6 Å². The molecule has 9 heteroatoms. The van der Waals surface area contributed by atoms with Crippen LogP contribution >= 0.6 is 11.6 Å². The van der Waals surface area contributed by atoms with E-state index in [1.165, 1.54) is 28.6 Å². The minimum atomic E-state index is -3.71. The van der Waals surface area contributed by atoms with E-state index in [4.69, 9.17) is 11.6 Å². The van der Waals surface area contributed by atoms with Crippen molar-refractivity contribution in [3.8, 4) is 0 Å². The van der Waals surface area contributed by atoms with Gasteiger partial charge in [0.2, 0.25) is 20.0 Å². The fourth-order valence-electron chi connectivity index (χ4n) is 2.10. The first-order valence-corrected chi connectivity index (χ1v) is 10.0. The highest BCUT2D eigenvalue weighted by atomic mass is 35.5. The fraction of sp³-hybridized carbons (Fsp3) is 0.500. The SMILES string of the molecule is O=S(=O)(NCCS(=O)(=O)N1CCCC1)c1ccc(Cl)cc1. The third-order valence-corrected chi connectivity index (χ3v) is 6.84. The van der Waals surface area contributed by atoms with E-state index in [0.717, 1.165) is 12.8 Å². The third-order valence-electron chi connectivity index (χ3n) is 3.23. The Morgan fingerprint density at radius 2 is 1.62 bits per heavy atom. The maximum Gasteiger partial charge on any atom is 0.240 e. The Morgan fingerprint density at radius 1 is 1.05 bits per heavy atom. The lowest BCUT2D eigenvalue weighted by Crippen LogP contribution is -2.36. The van der Waals surface area contributed by atoms with Gasteiger partial charge in [0.15, 0.2) is 0 Å². The molecular formula is C12H17ClN2O4S2. The monoisotopic (exact) mass is 352 g/mol. The molecule has 1 aliphatic heterocycles. The van der Waals surface area contributed by atoms with Crippen LogP contribution in [0.15, 0.2) is 29.2 Å². The second-order valence-electron chi connectivity index (χ2n) is 4.77. The summed E-state index contributed by atoms with van der Waals surface area (Å²) in [7, 11) is -7.10. The van der Waals surface area contributed by atoms with Gasteiger partial charge in [0, 0.05) is 24.7 Å². The third kappa shape index (κ3) is 4.40. The number of sulfonamides is 2. The Bertz CT molecular complexity index is 680. The van der Waals surface area contributed by atoms with Crippen LogP contribution in [0.3, 0.4) is 0 Å². The highest BCUT2D eigenvalue weighted by molar-refractivity contribution is 7.90. The van der Waals surface area contributed by atoms with Gasteiger partial charge >= 0.3 is 0 Å². The summed E-state index contributed by atoms with van der Waals surface area (Å²) in [5, 5.41) is 0.436. The molecule has 1 heterocycles. The molecule has 0 radical (unpaired) electrons. The van der Waals surface area contributed by atoms with Gasteiger partial charge in [-0.3, -0.25) is 0 Å². The molecule has 21 heavy (non-hydrogen) atoms. The summed E-state index contributed by atoms with van der Waals surface area (Å²) >= 11 is 5.70. The van der Waals surface area contributed by atoms with Crippen LogP contribution in [-0.2, 0) is 20.0 Å². The maximum atomic E-state index is 12.0. The molecule has 1 N–H and O–H groups in total. The summed E-state index contributed by atoms with van der Waals surface area (Å²) in [6.07, 6.45) is 1.71. The van der Waals surface area contributed by atoms with Crippen molar-refractivity contribution in [2.75, 3.05) is 25.4 Å². The summed E-state index contributed by atoms with van der Waals surface area (Å²) < 4.78 is 51.6. The normalized spacial score (nSPS) is 17.2. The maximum absolute atomic E-state index is 12.0. The molecule has 6 nitrogen and oxygen atoms in total. The van der Waals surface area contributed by atoms with Crippen molar-refractivity contribution in [2.45, 2.75) is 17.7 Å². The highest BCUT2D eigenvalue weighted by Gasteiger charge is 2.25. The topological polar surface area (TPSA) is 83.5 Å². The Hall–Kier alpha value is -0.670. The highest BCUT2D eigenvalue weighted by Crippen LogP contribution is 2.15. The standard InChI is InChI=1S/C12H17ClN2O4S2/c13-11-3-5-12(6-4-11)21(18,19)14-7-10-20(16,17)15-8-1-2-9-15/h3-6,14H,1-2,7-10H2. The first kappa shape index (κ1) is 16.7. The summed E-state index contributed by atoms with van der Waals surface area (Å²) in [6.45, 7) is 0.891. The molecule has 2 rings (SSSR count). The van der Waals surface area contributed by atoms with Gasteiger partial charge in [-0.05, 0) is 37.1 Å². The zero-order valence-corrected chi connectivity index (χ0v) is 13.7. The second kappa shape index (κ2) is 6.62. The van der Waals surface area contributed by atoms with Gasteiger partial charge in [-0.25, -0.2) is 25.9 Å². The number of rotatable bonds is 6. The molecule has 0 aliphatic carbocycles. The summed E-state index contributed by atoms with van der Waals surface area (Å²) in [5.74, 6) is -0.236. The second-order valence-corrected chi connectivity index (χ2v) is 9.07. The average molecular weight is 353 g/mol. The lowest BCUT2D eigenvalue weighted by Gasteiger charge is -2.15. The average Bonchev–Trinajstić information content (AvgIpc) is 2.93. The molecule has 1 aromatic carbocycles. The van der Waals surface area contributed by atoms with E-state index in [1.807, 2.05) is 0 Å². The van der Waals surface area contributed by atoms with Crippen molar-refractivity contribution in [1.29, 1.82) is 0 Å². The molecule has 0 bridgehead atoms. The van der Waals surface area contributed by atoms with Gasteiger partial charge in [0.25, 0.3) is 0 Å². The molecule has 0 atom stereocenters. The zero-order chi connectivity index (χ0) is 15.5. The van der Waals surface area contributed by atoms with Crippen LogP contribution in [0.5, 0.6) is 0 Å². The predicted octanol–water partition coefficient (Wildman–Crippen LogP) is 1.04. The lowest BCUT2D eigenvalue weighted by atomic mass is 10.4. The Balaban J connectivity index is 1.94. The van der Waals surface area contributed by atoms with E-state index in [0.29, 0.717) is 18.1 Å². The lowest BCUT2D eigenvalue weighted by molar-refractivity contribution is 0.477. The molecule has 1 aliphatic rings. The van der Waals surface area contributed by atoms with Crippen molar-refractivity contribution >= 4 is 31.6 Å². The smallest absolute Gasteiger partial charge is 0.212 e. The van der Waals surface area contributed by atoms with Gasteiger partial charge < -0.3 is 0 Å². The van der Waals surface area contributed by atoms with Crippen LogP contribution in [-0.4, -0.2) is 46.5 Å². The predicted molar refractivity (Wildman–Crippen MR) is 81.2 cm³/mol. The first-order valence-electron chi connectivity index (χ1n) is 6.54. The van der Waals surface area contributed by atoms with Crippen molar-refractivity contribution < 1.29 is 16.8 Å². The Morgan fingerprint density at radius 3 is 2.19 bits per heavy atom. The van der Waals surface area contributed by atoms with Crippen LogP contribution in [0.25, 0.3) is 0 Å². The van der Waals surface area contributed by atoms with Crippen molar-refractivity contribution in [3.05, 3.63) is 29.3 Å². The Kier molecular flexibility index (Phi) is 5.26. The molecule has 1 saturated heterocycles. The van der Waals surface area contributed by atoms with Crippen molar-refractivity contribution in [1.82, 2.24) is 9.03 Å². The summed E-state index contributed by atoms with van der Waals surface area (Å²) in [6, 6.07) is 5.69. The Labute approximate surface area is 130 Å². The number of nitrogens with zero attached hydrogens (tertiary/aromatic N) is 1. The van der Waals surface area contributed by atoms with E-state index in [-0.39, 0.29) is 17.2 Å². The van der Waals surface area contributed by atoms with Crippen LogP contribution in [0.2, 0.25) is 5.02 Å².